The van der Waals surface area contributed by atoms with E-state index in [2.05, 4.69) is 0 Å². The minimum absolute atomic E-state index is 0.00518. The van der Waals surface area contributed by atoms with Crippen molar-refractivity contribution in [2.75, 3.05) is 13.7 Å². The van der Waals surface area contributed by atoms with E-state index < -0.39 is 12.2 Å². The Morgan fingerprint density at radius 1 is 0.967 bits per heavy atom. The van der Waals surface area contributed by atoms with Gasteiger partial charge in [0.25, 0.3) is 0 Å². The highest BCUT2D eigenvalue weighted by Gasteiger charge is 2.34. The van der Waals surface area contributed by atoms with Gasteiger partial charge >= 0.3 is 0 Å². The van der Waals surface area contributed by atoms with Gasteiger partial charge in [0.1, 0.15) is 11.2 Å². The van der Waals surface area contributed by atoms with Crippen molar-refractivity contribution in [3.63, 3.8) is 0 Å². The molecule has 2 heterocycles. The highest BCUT2D eigenvalue weighted by atomic mass is 16.6. The van der Waals surface area contributed by atoms with Crippen molar-refractivity contribution < 1.29 is 28.8 Å². The molecule has 0 spiro atoms. The van der Waals surface area contributed by atoms with Crippen molar-refractivity contribution in [3.8, 4) is 23.0 Å². The van der Waals surface area contributed by atoms with Crippen molar-refractivity contribution in [1.82, 2.24) is 0 Å². The number of phenolic OH excluding ortho intramolecular Hbond substituents is 1. The van der Waals surface area contributed by atoms with Gasteiger partial charge in [-0.3, -0.25) is 4.79 Å². The first-order valence-electron chi connectivity index (χ1n) is 9.39. The van der Waals surface area contributed by atoms with E-state index >= 15 is 0 Å². The van der Waals surface area contributed by atoms with Crippen molar-refractivity contribution in [1.29, 1.82) is 0 Å². The molecule has 7 nitrogen and oxygen atoms in total. The fraction of sp³-hybridized carbons (Fsp3) is 0.174. The lowest BCUT2D eigenvalue weighted by atomic mass is 10.0. The van der Waals surface area contributed by atoms with Crippen LogP contribution in [-0.2, 0) is 0 Å². The third-order valence-corrected chi connectivity index (χ3v) is 5.22. The quantitative estimate of drug-likeness (QED) is 0.502. The number of fused-ring (bicyclic) bond motifs is 3. The lowest BCUT2D eigenvalue weighted by molar-refractivity contribution is -0.0122. The molecule has 5 rings (SSSR count). The van der Waals surface area contributed by atoms with Gasteiger partial charge in [-0.15, -0.1) is 0 Å². The zero-order chi connectivity index (χ0) is 20.8. The minimum Gasteiger partial charge on any atom is -0.504 e. The van der Waals surface area contributed by atoms with E-state index in [9.17, 15) is 15.0 Å². The molecule has 7 heteroatoms. The van der Waals surface area contributed by atoms with E-state index in [-0.39, 0.29) is 23.5 Å². The number of aliphatic hydroxyl groups is 1. The maximum Gasteiger partial charge on any atom is 0.200 e. The van der Waals surface area contributed by atoms with Crippen molar-refractivity contribution >= 4 is 21.9 Å². The molecule has 1 aliphatic rings. The summed E-state index contributed by atoms with van der Waals surface area (Å²) in [7, 11) is 1.45. The van der Waals surface area contributed by atoms with Crippen molar-refractivity contribution in [2.45, 2.75) is 12.2 Å². The summed E-state index contributed by atoms with van der Waals surface area (Å²) in [5.41, 5.74) is 1.35. The second-order valence-electron chi connectivity index (χ2n) is 7.03. The molecule has 0 aliphatic carbocycles. The molecule has 2 N–H and O–H groups in total. The number of para-hydroxylation sites is 1. The lowest BCUT2D eigenvalue weighted by Gasteiger charge is -2.33. The molecule has 0 saturated carbocycles. The molecule has 2 atom stereocenters. The molecule has 0 unspecified atom stereocenters. The highest BCUT2D eigenvalue weighted by molar-refractivity contribution is 5.91. The Balaban J connectivity index is 1.64. The fourth-order valence-corrected chi connectivity index (χ4v) is 3.72. The topological polar surface area (TPSA) is 98.4 Å². The normalized spacial score (nSPS) is 17.9. The molecule has 0 saturated heterocycles. The van der Waals surface area contributed by atoms with E-state index in [0.29, 0.717) is 39.0 Å². The number of rotatable bonds is 3. The summed E-state index contributed by atoms with van der Waals surface area (Å²) >= 11 is 0. The zero-order valence-corrected chi connectivity index (χ0v) is 16.0. The van der Waals surface area contributed by atoms with Gasteiger partial charge in [0.05, 0.1) is 24.5 Å². The Morgan fingerprint density at radius 2 is 1.77 bits per heavy atom. The van der Waals surface area contributed by atoms with Crippen LogP contribution >= 0.6 is 0 Å². The summed E-state index contributed by atoms with van der Waals surface area (Å²) in [4.78, 5) is 12.9. The molecule has 30 heavy (non-hydrogen) atoms. The van der Waals surface area contributed by atoms with Crippen LogP contribution in [0.1, 0.15) is 11.7 Å². The van der Waals surface area contributed by atoms with E-state index in [1.165, 1.54) is 13.2 Å². The largest absolute Gasteiger partial charge is 0.504 e. The third-order valence-electron chi connectivity index (χ3n) is 5.22. The van der Waals surface area contributed by atoms with E-state index in [1.54, 1.807) is 48.5 Å². The SMILES string of the molecule is COc1cc([C@H]2Oc3cc4c(=O)c5ccccc5oc4cc3O[C@@H]2CO)ccc1O. The van der Waals surface area contributed by atoms with Gasteiger partial charge in [0.2, 0.25) is 5.43 Å². The average molecular weight is 406 g/mol. The van der Waals surface area contributed by atoms with Crippen molar-refractivity contribution in [3.05, 3.63) is 70.4 Å². The first-order valence-corrected chi connectivity index (χ1v) is 9.39. The van der Waals surface area contributed by atoms with E-state index in [1.807, 2.05) is 0 Å². The molecule has 1 aromatic heterocycles. The van der Waals surface area contributed by atoms with Crippen LogP contribution in [0.3, 0.4) is 0 Å². The molecule has 152 valence electrons. The Morgan fingerprint density at radius 3 is 2.57 bits per heavy atom. The minimum atomic E-state index is -0.698. The van der Waals surface area contributed by atoms with Crippen LogP contribution in [0.4, 0.5) is 0 Å². The summed E-state index contributed by atoms with van der Waals surface area (Å²) in [6, 6.07) is 15.0. The number of aliphatic hydroxyl groups excluding tert-OH is 1. The summed E-state index contributed by atoms with van der Waals surface area (Å²) < 4.78 is 23.1. The molecular formula is C23H18O7. The standard InChI is InChI=1S/C23H18O7/c1-27-18-8-12(6-7-15(18)25)23-21(11-24)29-20-10-17-14(9-19(20)30-23)22(26)13-4-2-3-5-16(13)28-17/h2-10,21,23-25H,11H2,1H3/t21-,23-/m1/s1. The molecule has 3 aromatic carbocycles. The summed E-state index contributed by atoms with van der Waals surface area (Å²) in [5, 5.41) is 20.6. The Hall–Kier alpha value is -3.71. The number of phenols is 1. The van der Waals surface area contributed by atoms with Crippen LogP contribution in [0.25, 0.3) is 21.9 Å². The zero-order valence-electron chi connectivity index (χ0n) is 16.0. The Bertz CT molecular complexity index is 1320. The lowest BCUT2D eigenvalue weighted by Crippen LogP contribution is -2.36. The van der Waals surface area contributed by atoms with Crippen LogP contribution in [0.15, 0.2) is 63.8 Å². The van der Waals surface area contributed by atoms with Gasteiger partial charge in [-0.2, -0.15) is 0 Å². The maximum atomic E-state index is 12.9. The molecule has 0 radical (unpaired) electrons. The Labute approximate surface area is 170 Å². The molecule has 0 amide bonds. The first kappa shape index (κ1) is 18.3. The van der Waals surface area contributed by atoms with Gasteiger partial charge in [-0.05, 0) is 30.3 Å². The summed E-state index contributed by atoms with van der Waals surface area (Å²) in [6.45, 7) is -0.299. The van der Waals surface area contributed by atoms with E-state index in [4.69, 9.17) is 18.6 Å². The van der Waals surface area contributed by atoms with Gasteiger partial charge in [0.15, 0.2) is 35.2 Å². The summed E-state index contributed by atoms with van der Waals surface area (Å²) in [5.74, 6) is 1.02. The smallest absolute Gasteiger partial charge is 0.200 e. The number of hydrogen-bond acceptors (Lipinski definition) is 7. The molecule has 1 aliphatic heterocycles. The summed E-state index contributed by atoms with van der Waals surface area (Å²) in [6.07, 6.45) is -1.36. The third kappa shape index (κ3) is 2.83. The Kier molecular flexibility index (Phi) is 4.25. The molecule has 0 fully saturated rings. The molecule has 4 aromatic rings. The van der Waals surface area contributed by atoms with Crippen LogP contribution in [-0.4, -0.2) is 30.0 Å². The molecule has 0 bridgehead atoms. The van der Waals surface area contributed by atoms with Crippen LogP contribution < -0.4 is 19.6 Å². The van der Waals surface area contributed by atoms with Gasteiger partial charge in [-0.1, -0.05) is 18.2 Å². The second-order valence-corrected chi connectivity index (χ2v) is 7.03. The predicted molar refractivity (Wildman–Crippen MR) is 110 cm³/mol. The van der Waals surface area contributed by atoms with Crippen LogP contribution in [0, 0.1) is 0 Å². The number of ether oxygens (including phenoxy) is 3. The van der Waals surface area contributed by atoms with Crippen LogP contribution in [0.5, 0.6) is 23.0 Å². The predicted octanol–water partition coefficient (Wildman–Crippen LogP) is 3.53. The monoisotopic (exact) mass is 406 g/mol. The molecular weight excluding hydrogens is 388 g/mol. The number of benzene rings is 3. The number of aromatic hydroxyl groups is 1. The first-order chi connectivity index (χ1) is 14.6. The highest BCUT2D eigenvalue weighted by Crippen LogP contribution is 2.43. The number of methoxy groups -OCH3 is 1. The van der Waals surface area contributed by atoms with Crippen LogP contribution in [0.2, 0.25) is 0 Å². The fourth-order valence-electron chi connectivity index (χ4n) is 3.72. The van der Waals surface area contributed by atoms with E-state index in [0.717, 1.165) is 0 Å². The van der Waals surface area contributed by atoms with Gasteiger partial charge in [-0.25, -0.2) is 0 Å². The second kappa shape index (κ2) is 6.96. The van der Waals surface area contributed by atoms with Crippen molar-refractivity contribution in [2.24, 2.45) is 0 Å². The maximum absolute atomic E-state index is 12.9. The average Bonchev–Trinajstić information content (AvgIpc) is 2.77. The number of hydrogen-bond donors (Lipinski definition) is 2. The van der Waals surface area contributed by atoms with Gasteiger partial charge < -0.3 is 28.8 Å². The van der Waals surface area contributed by atoms with Gasteiger partial charge in [0, 0.05) is 11.6 Å².